The monoisotopic (exact) mass is 660 g/mol. The molecule has 46 heavy (non-hydrogen) atoms. The molecule has 1 N–H and O–H groups in total. The maximum atomic E-state index is 13.6. The molecule has 0 spiro atoms. The van der Waals surface area contributed by atoms with Crippen molar-refractivity contribution < 1.29 is 19.1 Å². The van der Waals surface area contributed by atoms with Gasteiger partial charge in [0.05, 0.1) is 39.8 Å². The Bertz CT molecular complexity index is 1830. The van der Waals surface area contributed by atoms with E-state index in [1.807, 2.05) is 22.6 Å². The van der Waals surface area contributed by atoms with E-state index in [4.69, 9.17) is 32.9 Å². The number of hydrogen-bond donors (Lipinski definition) is 1. The number of carbonyl (C=O) groups excluding carboxylic acids is 3. The van der Waals surface area contributed by atoms with E-state index in [1.165, 1.54) is 7.11 Å². The summed E-state index contributed by atoms with van der Waals surface area (Å²) in [7, 11) is 3.36. The van der Waals surface area contributed by atoms with Crippen LogP contribution in [0.15, 0.2) is 48.7 Å². The number of likely N-dealkylation sites (tertiary alicyclic amines) is 1. The van der Waals surface area contributed by atoms with Crippen LogP contribution >= 0.6 is 23.2 Å². The van der Waals surface area contributed by atoms with Crippen LogP contribution in [0.1, 0.15) is 52.1 Å². The van der Waals surface area contributed by atoms with Gasteiger partial charge >= 0.3 is 0 Å². The molecule has 0 bridgehead atoms. The number of aldehydes is 1. The van der Waals surface area contributed by atoms with Gasteiger partial charge in [0.25, 0.3) is 5.91 Å². The number of methoxy groups -OCH3 is 1. The first-order valence-electron chi connectivity index (χ1n) is 15.1. The predicted molar refractivity (Wildman–Crippen MR) is 178 cm³/mol. The van der Waals surface area contributed by atoms with Crippen LogP contribution in [0.5, 0.6) is 5.75 Å². The summed E-state index contributed by atoms with van der Waals surface area (Å²) in [4.78, 5) is 50.3. The summed E-state index contributed by atoms with van der Waals surface area (Å²) in [6.07, 6.45) is 5.03. The van der Waals surface area contributed by atoms with Crippen molar-refractivity contribution in [2.45, 2.75) is 38.8 Å². The summed E-state index contributed by atoms with van der Waals surface area (Å²) in [5.41, 5.74) is 5.23. The molecule has 0 unspecified atom stereocenters. The normalized spacial score (nSPS) is 15.4. The van der Waals surface area contributed by atoms with Gasteiger partial charge in [0.2, 0.25) is 5.91 Å². The number of pyridine rings is 1. The number of hydrogen-bond acceptors (Lipinski definition) is 7. The van der Waals surface area contributed by atoms with Gasteiger partial charge in [-0.05, 0) is 37.1 Å². The number of anilines is 1. The molecule has 12 heteroatoms. The number of carbonyl (C=O) groups is 3. The van der Waals surface area contributed by atoms with Gasteiger partial charge in [0.15, 0.2) is 12.1 Å². The molecule has 4 heterocycles. The van der Waals surface area contributed by atoms with E-state index >= 15 is 0 Å². The average molecular weight is 662 g/mol. The van der Waals surface area contributed by atoms with E-state index in [9.17, 15) is 14.4 Å². The van der Waals surface area contributed by atoms with Crippen molar-refractivity contribution in [3.05, 3.63) is 81.5 Å². The zero-order valence-corrected chi connectivity index (χ0v) is 27.4. The fourth-order valence-corrected chi connectivity index (χ4v) is 7.03. The molecule has 4 aromatic rings. The molecule has 0 saturated carbocycles. The van der Waals surface area contributed by atoms with E-state index in [1.54, 1.807) is 49.5 Å². The standard InChI is InChI=1S/C34H34Cl2N6O4/c1-20(44)41-14-10-23(11-15-41)42-16-12-28-27(18-42)38-33(40(28)2)34(45)39-26-6-4-5-24(30(26)35)25-9-13-37-32(31(25)36)21-7-8-22(19-43)29(17-21)46-3/h4-9,13,17,19,23H,10-12,14-16,18H2,1-3H3,(H,39,45). The Hall–Kier alpha value is -4.25. The maximum absolute atomic E-state index is 13.6. The Morgan fingerprint density at radius 3 is 2.52 bits per heavy atom. The Labute approximate surface area is 277 Å². The van der Waals surface area contributed by atoms with Gasteiger partial charge in [0, 0.05) is 81.2 Å². The minimum atomic E-state index is -0.360. The van der Waals surface area contributed by atoms with E-state index in [0.29, 0.717) is 67.8 Å². The highest BCUT2D eigenvalue weighted by Crippen LogP contribution is 2.41. The van der Waals surface area contributed by atoms with Gasteiger partial charge in [-0.1, -0.05) is 41.4 Å². The lowest BCUT2D eigenvalue weighted by Crippen LogP contribution is -2.47. The fourth-order valence-electron chi connectivity index (χ4n) is 6.43. The third-order valence-corrected chi connectivity index (χ3v) is 9.76. The maximum Gasteiger partial charge on any atom is 0.291 e. The van der Waals surface area contributed by atoms with Gasteiger partial charge in [-0.25, -0.2) is 4.98 Å². The van der Waals surface area contributed by atoms with Crippen LogP contribution in [0, 0.1) is 0 Å². The van der Waals surface area contributed by atoms with E-state index in [-0.39, 0.29) is 11.8 Å². The quantitative estimate of drug-likeness (QED) is 0.246. The minimum Gasteiger partial charge on any atom is -0.496 e. The molecule has 0 radical (unpaired) electrons. The summed E-state index contributed by atoms with van der Waals surface area (Å²) in [6.45, 7) is 4.72. The number of halogens is 2. The Morgan fingerprint density at radius 2 is 1.80 bits per heavy atom. The van der Waals surface area contributed by atoms with Gasteiger partial charge in [-0.15, -0.1) is 0 Å². The van der Waals surface area contributed by atoms with Crippen molar-refractivity contribution in [1.82, 2.24) is 24.3 Å². The Kier molecular flexibility index (Phi) is 9.13. The zero-order chi connectivity index (χ0) is 32.5. The molecule has 2 aromatic carbocycles. The highest BCUT2D eigenvalue weighted by molar-refractivity contribution is 6.39. The Balaban J connectivity index is 1.22. The number of fused-ring (bicyclic) bond motifs is 1. The molecule has 2 aliphatic rings. The highest BCUT2D eigenvalue weighted by atomic mass is 35.5. The largest absolute Gasteiger partial charge is 0.496 e. The van der Waals surface area contributed by atoms with Crippen LogP contribution in [0.2, 0.25) is 10.0 Å². The van der Waals surface area contributed by atoms with Crippen molar-refractivity contribution in [3.8, 4) is 28.1 Å². The number of benzene rings is 2. The van der Waals surface area contributed by atoms with E-state index in [2.05, 4.69) is 15.2 Å². The molecule has 0 aliphatic carbocycles. The van der Waals surface area contributed by atoms with E-state index < -0.39 is 0 Å². The number of nitrogens with zero attached hydrogens (tertiary/aromatic N) is 5. The minimum absolute atomic E-state index is 0.127. The molecule has 238 valence electrons. The van der Waals surface area contributed by atoms with Crippen LogP contribution in [0.4, 0.5) is 5.69 Å². The number of ether oxygens (including phenoxy) is 1. The molecule has 2 aliphatic heterocycles. The lowest BCUT2D eigenvalue weighted by molar-refractivity contribution is -0.130. The lowest BCUT2D eigenvalue weighted by Gasteiger charge is -2.39. The number of aromatic nitrogens is 3. The van der Waals surface area contributed by atoms with Crippen LogP contribution in [-0.2, 0) is 24.8 Å². The number of piperidine rings is 1. The van der Waals surface area contributed by atoms with Gasteiger partial charge in [0.1, 0.15) is 5.75 Å². The second-order valence-electron chi connectivity index (χ2n) is 11.6. The van der Waals surface area contributed by atoms with Crippen LogP contribution in [0.3, 0.4) is 0 Å². The highest BCUT2D eigenvalue weighted by Gasteiger charge is 2.31. The summed E-state index contributed by atoms with van der Waals surface area (Å²) < 4.78 is 7.22. The molecule has 1 saturated heterocycles. The fraction of sp³-hybridized carbons (Fsp3) is 0.324. The molecular weight excluding hydrogens is 627 g/mol. The third kappa shape index (κ3) is 6.00. The predicted octanol–water partition coefficient (Wildman–Crippen LogP) is 5.90. The molecule has 10 nitrogen and oxygen atoms in total. The SMILES string of the molecule is COc1cc(-c2nccc(-c3cccc(NC(=O)c4nc5c(n4C)CCN(C4CCN(C(C)=O)CC4)C5)c3Cl)c2Cl)ccc1C=O. The second kappa shape index (κ2) is 13.2. The number of rotatable bonds is 7. The molecular formula is C34H34Cl2N6O4. The molecule has 2 aromatic heterocycles. The van der Waals surface area contributed by atoms with Crippen LogP contribution in [-0.4, -0.2) is 75.2 Å². The topological polar surface area (TPSA) is 110 Å². The summed E-state index contributed by atoms with van der Waals surface area (Å²) >= 11 is 13.8. The number of imidazole rings is 1. The van der Waals surface area contributed by atoms with Gasteiger partial charge < -0.3 is 19.5 Å². The van der Waals surface area contributed by atoms with Crippen LogP contribution < -0.4 is 10.1 Å². The molecule has 1 fully saturated rings. The van der Waals surface area contributed by atoms with Crippen molar-refractivity contribution in [2.24, 2.45) is 7.05 Å². The number of nitrogens with one attached hydrogen (secondary N) is 1. The van der Waals surface area contributed by atoms with E-state index in [0.717, 1.165) is 56.6 Å². The molecule has 2 amide bonds. The Morgan fingerprint density at radius 1 is 1.04 bits per heavy atom. The first kappa shape index (κ1) is 31.7. The van der Waals surface area contributed by atoms with Crippen molar-refractivity contribution in [1.29, 1.82) is 0 Å². The smallest absolute Gasteiger partial charge is 0.291 e. The third-order valence-electron chi connectivity index (χ3n) is 8.97. The average Bonchev–Trinajstić information content (AvgIpc) is 3.41. The number of amides is 2. The molecule has 6 rings (SSSR count). The second-order valence-corrected chi connectivity index (χ2v) is 12.3. The summed E-state index contributed by atoms with van der Waals surface area (Å²) in [5.74, 6) is 0.498. The molecule has 0 atom stereocenters. The summed E-state index contributed by atoms with van der Waals surface area (Å²) in [6, 6.07) is 12.6. The first-order valence-corrected chi connectivity index (χ1v) is 15.9. The first-order chi connectivity index (χ1) is 22.2. The van der Waals surface area contributed by atoms with Crippen molar-refractivity contribution in [2.75, 3.05) is 32.1 Å². The van der Waals surface area contributed by atoms with Gasteiger partial charge in [-0.2, -0.15) is 0 Å². The summed E-state index contributed by atoms with van der Waals surface area (Å²) in [5, 5.41) is 3.64. The lowest BCUT2D eigenvalue weighted by atomic mass is 10.00. The van der Waals surface area contributed by atoms with Crippen molar-refractivity contribution >= 4 is 47.0 Å². The van der Waals surface area contributed by atoms with Crippen LogP contribution in [0.25, 0.3) is 22.4 Å². The zero-order valence-electron chi connectivity index (χ0n) is 25.8. The van der Waals surface area contributed by atoms with Crippen molar-refractivity contribution in [3.63, 3.8) is 0 Å². The van der Waals surface area contributed by atoms with Gasteiger partial charge in [-0.3, -0.25) is 24.3 Å².